The number of thiazole rings is 1. The van der Waals surface area contributed by atoms with Crippen LogP contribution in [0.2, 0.25) is 0 Å². The Hall–Kier alpha value is -0.450. The van der Waals surface area contributed by atoms with Gasteiger partial charge in [-0.2, -0.15) is 0 Å². The summed E-state index contributed by atoms with van der Waals surface area (Å²) in [6.45, 7) is 5.78. The molecule has 20 heavy (non-hydrogen) atoms. The minimum absolute atomic E-state index is 0.498. The molecule has 3 rings (SSSR count). The second-order valence-electron chi connectivity index (χ2n) is 6.35. The lowest BCUT2D eigenvalue weighted by Gasteiger charge is -2.51. The molecule has 0 saturated carbocycles. The molecule has 0 aliphatic carbocycles. The SMILES string of the molecule is CCCNC1CC2CCCC(C1)N2C(C)c1nccs1. The van der Waals surface area contributed by atoms with E-state index in [9.17, 15) is 0 Å². The highest BCUT2D eigenvalue weighted by atomic mass is 32.1. The van der Waals surface area contributed by atoms with Crippen molar-refractivity contribution in [3.63, 3.8) is 0 Å². The zero-order valence-corrected chi connectivity index (χ0v) is 13.5. The fourth-order valence-corrected chi connectivity index (χ4v) is 4.84. The van der Waals surface area contributed by atoms with Crippen LogP contribution in [0, 0.1) is 0 Å². The van der Waals surface area contributed by atoms with Gasteiger partial charge in [0.25, 0.3) is 0 Å². The second kappa shape index (κ2) is 6.54. The summed E-state index contributed by atoms with van der Waals surface area (Å²) in [7, 11) is 0. The standard InChI is InChI=1S/C16H27N3S/c1-3-7-17-13-10-14-5-4-6-15(11-13)19(14)12(2)16-18-8-9-20-16/h8-9,12-15,17H,3-7,10-11H2,1-2H3. The first-order chi connectivity index (χ1) is 9.79. The van der Waals surface area contributed by atoms with E-state index in [0.29, 0.717) is 6.04 Å². The summed E-state index contributed by atoms with van der Waals surface area (Å²) >= 11 is 1.81. The fraction of sp³-hybridized carbons (Fsp3) is 0.812. The molecule has 2 fully saturated rings. The van der Waals surface area contributed by atoms with Gasteiger partial charge in [-0.05, 0) is 45.6 Å². The van der Waals surface area contributed by atoms with E-state index in [1.54, 1.807) is 0 Å². The van der Waals surface area contributed by atoms with E-state index in [1.807, 2.05) is 17.5 Å². The summed E-state index contributed by atoms with van der Waals surface area (Å²) < 4.78 is 0. The smallest absolute Gasteiger partial charge is 0.109 e. The van der Waals surface area contributed by atoms with Crippen molar-refractivity contribution in [2.45, 2.75) is 76.5 Å². The predicted molar refractivity (Wildman–Crippen MR) is 85.1 cm³/mol. The number of nitrogens with one attached hydrogen (secondary N) is 1. The molecule has 2 saturated heterocycles. The molecule has 0 spiro atoms. The first-order valence-corrected chi connectivity index (χ1v) is 9.07. The summed E-state index contributed by atoms with van der Waals surface area (Å²) in [4.78, 5) is 7.33. The summed E-state index contributed by atoms with van der Waals surface area (Å²) in [6, 6.07) is 2.76. The number of nitrogens with zero attached hydrogens (tertiary/aromatic N) is 2. The molecule has 1 N–H and O–H groups in total. The van der Waals surface area contributed by atoms with Crippen molar-refractivity contribution in [1.29, 1.82) is 0 Å². The number of hydrogen-bond acceptors (Lipinski definition) is 4. The molecule has 0 amide bonds. The molecular weight excluding hydrogens is 266 g/mol. The molecule has 2 bridgehead atoms. The van der Waals surface area contributed by atoms with Crippen LogP contribution in [0.25, 0.3) is 0 Å². The summed E-state index contributed by atoms with van der Waals surface area (Å²) in [6.07, 6.45) is 10.00. The van der Waals surface area contributed by atoms with Crippen LogP contribution >= 0.6 is 11.3 Å². The summed E-state index contributed by atoms with van der Waals surface area (Å²) in [5.41, 5.74) is 0. The van der Waals surface area contributed by atoms with Crippen LogP contribution in [-0.4, -0.2) is 34.6 Å². The lowest BCUT2D eigenvalue weighted by atomic mass is 9.80. The largest absolute Gasteiger partial charge is 0.314 e. The average Bonchev–Trinajstić information content (AvgIpc) is 2.97. The summed E-state index contributed by atoms with van der Waals surface area (Å²) in [5, 5.41) is 7.16. The van der Waals surface area contributed by atoms with Gasteiger partial charge in [-0.3, -0.25) is 4.90 Å². The van der Waals surface area contributed by atoms with E-state index in [4.69, 9.17) is 0 Å². The van der Waals surface area contributed by atoms with E-state index in [1.165, 1.54) is 50.1 Å². The van der Waals surface area contributed by atoms with Gasteiger partial charge in [0.2, 0.25) is 0 Å². The molecule has 3 unspecified atom stereocenters. The minimum atomic E-state index is 0.498. The Labute approximate surface area is 126 Å². The van der Waals surface area contributed by atoms with Crippen LogP contribution in [0.5, 0.6) is 0 Å². The van der Waals surface area contributed by atoms with Gasteiger partial charge < -0.3 is 5.32 Å². The van der Waals surface area contributed by atoms with Gasteiger partial charge in [0.05, 0.1) is 6.04 Å². The first-order valence-electron chi connectivity index (χ1n) is 8.19. The van der Waals surface area contributed by atoms with Crippen LogP contribution in [0.4, 0.5) is 0 Å². The zero-order chi connectivity index (χ0) is 13.9. The molecular formula is C16H27N3S. The Balaban J connectivity index is 1.70. The number of fused-ring (bicyclic) bond motifs is 2. The third-order valence-electron chi connectivity index (χ3n) is 4.97. The average molecular weight is 293 g/mol. The van der Waals surface area contributed by atoms with Crippen LogP contribution < -0.4 is 5.32 Å². The third kappa shape index (κ3) is 2.92. The van der Waals surface area contributed by atoms with E-state index >= 15 is 0 Å². The molecule has 4 heteroatoms. The molecule has 0 aromatic carbocycles. The van der Waals surface area contributed by atoms with Crippen molar-refractivity contribution in [2.75, 3.05) is 6.54 Å². The van der Waals surface area contributed by atoms with Crippen molar-refractivity contribution in [1.82, 2.24) is 15.2 Å². The minimum Gasteiger partial charge on any atom is -0.314 e. The third-order valence-corrected chi connectivity index (χ3v) is 5.92. The van der Waals surface area contributed by atoms with Crippen molar-refractivity contribution in [2.24, 2.45) is 0 Å². The van der Waals surface area contributed by atoms with Crippen molar-refractivity contribution in [3.8, 4) is 0 Å². The topological polar surface area (TPSA) is 28.2 Å². The predicted octanol–water partition coefficient (Wildman–Crippen LogP) is 3.59. The lowest BCUT2D eigenvalue weighted by molar-refractivity contribution is -0.00627. The molecule has 112 valence electrons. The Morgan fingerprint density at radius 1 is 1.40 bits per heavy atom. The maximum atomic E-state index is 4.55. The van der Waals surface area contributed by atoms with Gasteiger partial charge in [0.15, 0.2) is 0 Å². The van der Waals surface area contributed by atoms with E-state index in [-0.39, 0.29) is 0 Å². The van der Waals surface area contributed by atoms with Crippen LogP contribution in [0.15, 0.2) is 11.6 Å². The van der Waals surface area contributed by atoms with Gasteiger partial charge in [-0.15, -0.1) is 11.3 Å². The highest BCUT2D eigenvalue weighted by molar-refractivity contribution is 7.09. The quantitative estimate of drug-likeness (QED) is 0.899. The number of aromatic nitrogens is 1. The van der Waals surface area contributed by atoms with Crippen molar-refractivity contribution < 1.29 is 0 Å². The van der Waals surface area contributed by atoms with E-state index in [2.05, 4.69) is 34.4 Å². The lowest BCUT2D eigenvalue weighted by Crippen LogP contribution is -2.56. The van der Waals surface area contributed by atoms with Crippen molar-refractivity contribution >= 4 is 11.3 Å². The zero-order valence-electron chi connectivity index (χ0n) is 12.7. The molecule has 3 heterocycles. The Morgan fingerprint density at radius 3 is 2.75 bits per heavy atom. The van der Waals surface area contributed by atoms with Gasteiger partial charge in [0, 0.05) is 29.7 Å². The van der Waals surface area contributed by atoms with Crippen LogP contribution in [0.1, 0.15) is 63.4 Å². The Morgan fingerprint density at radius 2 is 2.15 bits per heavy atom. The molecule has 1 aromatic heterocycles. The van der Waals surface area contributed by atoms with Crippen LogP contribution in [-0.2, 0) is 0 Å². The van der Waals surface area contributed by atoms with Gasteiger partial charge in [-0.1, -0.05) is 13.3 Å². The Kier molecular flexibility index (Phi) is 4.74. The van der Waals surface area contributed by atoms with Gasteiger partial charge >= 0.3 is 0 Å². The van der Waals surface area contributed by atoms with Gasteiger partial charge in [0.1, 0.15) is 5.01 Å². The van der Waals surface area contributed by atoms with E-state index < -0.39 is 0 Å². The molecule has 3 atom stereocenters. The maximum Gasteiger partial charge on any atom is 0.109 e. The molecule has 2 aliphatic rings. The molecule has 3 nitrogen and oxygen atoms in total. The van der Waals surface area contributed by atoms with E-state index in [0.717, 1.165) is 18.1 Å². The fourth-order valence-electron chi connectivity index (χ4n) is 4.13. The van der Waals surface area contributed by atoms with Crippen LogP contribution in [0.3, 0.4) is 0 Å². The molecule has 1 aromatic rings. The van der Waals surface area contributed by atoms with Gasteiger partial charge in [-0.25, -0.2) is 4.98 Å². The maximum absolute atomic E-state index is 4.55. The first kappa shape index (κ1) is 14.5. The number of piperidine rings is 2. The number of rotatable bonds is 5. The number of hydrogen-bond donors (Lipinski definition) is 1. The van der Waals surface area contributed by atoms with Crippen molar-refractivity contribution in [3.05, 3.63) is 16.6 Å². The Bertz CT molecular complexity index is 392. The second-order valence-corrected chi connectivity index (χ2v) is 7.28. The highest BCUT2D eigenvalue weighted by Crippen LogP contribution is 2.40. The molecule has 2 aliphatic heterocycles. The normalized spacial score (nSPS) is 32.2. The monoisotopic (exact) mass is 293 g/mol. The summed E-state index contributed by atoms with van der Waals surface area (Å²) in [5.74, 6) is 0. The highest BCUT2D eigenvalue weighted by Gasteiger charge is 2.40. The molecule has 0 radical (unpaired) electrons.